The second-order valence-corrected chi connectivity index (χ2v) is 7.11. The number of nitrogens with zero attached hydrogens (tertiary/aromatic N) is 3. The Labute approximate surface area is 171 Å². The summed E-state index contributed by atoms with van der Waals surface area (Å²) in [5, 5.41) is 15.3. The first-order chi connectivity index (χ1) is 14.4. The Morgan fingerprint density at radius 2 is 1.83 bits per heavy atom. The molecule has 0 saturated heterocycles. The van der Waals surface area contributed by atoms with Crippen LogP contribution < -0.4 is 10.6 Å². The van der Waals surface area contributed by atoms with Gasteiger partial charge >= 0.3 is 6.18 Å². The van der Waals surface area contributed by atoms with Crippen molar-refractivity contribution in [2.45, 2.75) is 37.7 Å². The highest BCUT2D eigenvalue weighted by atomic mass is 19.4. The lowest BCUT2D eigenvalue weighted by molar-refractivity contribution is -0.137. The molecule has 0 spiro atoms. The van der Waals surface area contributed by atoms with Crippen LogP contribution in [0.3, 0.4) is 0 Å². The Kier molecular flexibility index (Phi) is 5.54. The van der Waals surface area contributed by atoms with Gasteiger partial charge in [0.15, 0.2) is 0 Å². The second kappa shape index (κ2) is 8.27. The zero-order valence-corrected chi connectivity index (χ0v) is 15.9. The maximum atomic E-state index is 13.3. The third kappa shape index (κ3) is 4.51. The molecule has 0 aliphatic heterocycles. The van der Waals surface area contributed by atoms with Crippen molar-refractivity contribution in [3.63, 3.8) is 0 Å². The number of nitrogens with one attached hydrogen (secondary N) is 2. The van der Waals surface area contributed by atoms with E-state index >= 15 is 0 Å². The molecule has 3 aromatic rings. The molecule has 0 bridgehead atoms. The summed E-state index contributed by atoms with van der Waals surface area (Å²) in [5.74, 6) is -0.248. The van der Waals surface area contributed by atoms with Gasteiger partial charge in [-0.1, -0.05) is 30.3 Å². The van der Waals surface area contributed by atoms with Gasteiger partial charge in [-0.25, -0.2) is 4.98 Å². The fourth-order valence-electron chi connectivity index (χ4n) is 3.12. The van der Waals surface area contributed by atoms with Crippen molar-refractivity contribution in [3.8, 4) is 11.3 Å². The van der Waals surface area contributed by atoms with Crippen molar-refractivity contribution in [1.29, 1.82) is 0 Å². The molecule has 156 valence electrons. The van der Waals surface area contributed by atoms with Gasteiger partial charge in [0.25, 0.3) is 0 Å². The lowest BCUT2D eigenvalue weighted by Gasteiger charge is -2.34. The van der Waals surface area contributed by atoms with Crippen LogP contribution >= 0.6 is 0 Å². The summed E-state index contributed by atoms with van der Waals surface area (Å²) < 4.78 is 39.8. The van der Waals surface area contributed by atoms with Crippen LogP contribution in [0, 0.1) is 0 Å². The molecule has 30 heavy (non-hydrogen) atoms. The summed E-state index contributed by atoms with van der Waals surface area (Å²) >= 11 is 0. The molecule has 1 fully saturated rings. The molecule has 9 heteroatoms. The van der Waals surface area contributed by atoms with Gasteiger partial charge in [-0.15, -0.1) is 0 Å². The van der Waals surface area contributed by atoms with Crippen LogP contribution in [-0.2, 0) is 12.7 Å². The molecule has 0 radical (unpaired) electrons. The van der Waals surface area contributed by atoms with E-state index in [1.807, 2.05) is 42.5 Å². The highest BCUT2D eigenvalue weighted by molar-refractivity contribution is 5.59. The summed E-state index contributed by atoms with van der Waals surface area (Å²) in [6, 6.07) is 12.9. The van der Waals surface area contributed by atoms with Gasteiger partial charge in [-0.3, -0.25) is 4.98 Å². The maximum absolute atomic E-state index is 13.3. The molecular formula is C21H20F3N5O. The number of hydrogen-bond acceptors (Lipinski definition) is 6. The van der Waals surface area contributed by atoms with Gasteiger partial charge < -0.3 is 15.7 Å². The first-order valence-electron chi connectivity index (χ1n) is 9.53. The van der Waals surface area contributed by atoms with Crippen molar-refractivity contribution in [1.82, 2.24) is 15.0 Å². The Morgan fingerprint density at radius 1 is 1.03 bits per heavy atom. The Bertz CT molecular complexity index is 996. The third-order valence-corrected chi connectivity index (χ3v) is 5.02. The molecule has 3 N–H and O–H groups in total. The molecule has 2 aromatic heterocycles. The molecule has 2 heterocycles. The zero-order chi connectivity index (χ0) is 21.1. The Balaban J connectivity index is 1.46. The van der Waals surface area contributed by atoms with Crippen LogP contribution in [0.1, 0.15) is 24.0 Å². The average Bonchev–Trinajstić information content (AvgIpc) is 2.75. The van der Waals surface area contributed by atoms with E-state index in [2.05, 4.69) is 25.6 Å². The van der Waals surface area contributed by atoms with Crippen LogP contribution in [0.4, 0.5) is 24.9 Å². The quantitative estimate of drug-likeness (QED) is 0.562. The number of pyridine rings is 1. The maximum Gasteiger partial charge on any atom is 0.421 e. The largest absolute Gasteiger partial charge is 0.421 e. The number of hydrogen-bond donors (Lipinski definition) is 3. The number of anilines is 2. The standard InChI is InChI=1S/C21H20F3N5O/c22-21(23,24)15-12-27-20(29-19(15)28-17-8-9-18(17)30)26-11-13-4-6-14(7-5-13)16-3-1-2-10-25-16/h1-7,10,12,17-18,30H,8-9,11H2,(H2,26,27,28,29)/t17-,18+/m0/s1. The fourth-order valence-corrected chi connectivity index (χ4v) is 3.12. The van der Waals surface area contributed by atoms with Gasteiger partial charge in [0, 0.05) is 24.5 Å². The second-order valence-electron chi connectivity index (χ2n) is 7.11. The Morgan fingerprint density at radius 3 is 2.43 bits per heavy atom. The first kappa shape index (κ1) is 20.1. The van der Waals surface area contributed by atoms with E-state index in [4.69, 9.17) is 0 Å². The highest BCUT2D eigenvalue weighted by Gasteiger charge is 2.37. The van der Waals surface area contributed by atoms with Crippen LogP contribution in [0.15, 0.2) is 54.9 Å². The van der Waals surface area contributed by atoms with Crippen molar-refractivity contribution in [2.24, 2.45) is 0 Å². The van der Waals surface area contributed by atoms with Gasteiger partial charge in [-0.05, 0) is 30.5 Å². The van der Waals surface area contributed by atoms with E-state index in [0.29, 0.717) is 19.4 Å². The van der Waals surface area contributed by atoms with Crippen molar-refractivity contribution >= 4 is 11.8 Å². The van der Waals surface area contributed by atoms with E-state index in [9.17, 15) is 18.3 Å². The van der Waals surface area contributed by atoms with E-state index in [0.717, 1.165) is 23.0 Å². The normalized spacial score (nSPS) is 18.5. The molecule has 0 unspecified atom stereocenters. The molecule has 1 aliphatic rings. The molecular weight excluding hydrogens is 395 g/mol. The highest BCUT2D eigenvalue weighted by Crippen LogP contribution is 2.35. The summed E-state index contributed by atoms with van der Waals surface area (Å²) in [6.45, 7) is 0.347. The number of aliphatic hydroxyl groups is 1. The van der Waals surface area contributed by atoms with Gasteiger partial charge in [0.05, 0.1) is 17.8 Å². The van der Waals surface area contributed by atoms with E-state index in [1.54, 1.807) is 6.20 Å². The number of aromatic nitrogens is 3. The molecule has 1 aliphatic carbocycles. The van der Waals surface area contributed by atoms with Crippen LogP contribution in [0.2, 0.25) is 0 Å². The topological polar surface area (TPSA) is 83.0 Å². The fraction of sp³-hybridized carbons (Fsp3) is 0.286. The molecule has 2 atom stereocenters. The summed E-state index contributed by atoms with van der Waals surface area (Å²) in [6.07, 6.45) is -1.63. The number of rotatable bonds is 6. The number of aliphatic hydroxyl groups excluding tert-OH is 1. The summed E-state index contributed by atoms with van der Waals surface area (Å²) in [7, 11) is 0. The third-order valence-electron chi connectivity index (χ3n) is 5.02. The molecule has 0 amide bonds. The van der Waals surface area contributed by atoms with Gasteiger partial charge in [0.1, 0.15) is 11.4 Å². The molecule has 4 rings (SSSR count). The smallest absolute Gasteiger partial charge is 0.391 e. The van der Waals surface area contributed by atoms with E-state index in [1.165, 1.54) is 0 Å². The number of alkyl halides is 3. The monoisotopic (exact) mass is 415 g/mol. The van der Waals surface area contributed by atoms with Crippen molar-refractivity contribution in [3.05, 3.63) is 66.0 Å². The molecule has 1 saturated carbocycles. The lowest BCUT2D eigenvalue weighted by atomic mass is 9.89. The van der Waals surface area contributed by atoms with Crippen LogP contribution in [-0.4, -0.2) is 32.2 Å². The first-order valence-corrected chi connectivity index (χ1v) is 9.53. The predicted octanol–water partition coefficient (Wildman–Crippen LogP) is 4.10. The van der Waals surface area contributed by atoms with Gasteiger partial charge in [0.2, 0.25) is 5.95 Å². The van der Waals surface area contributed by atoms with E-state index in [-0.39, 0.29) is 11.8 Å². The average molecular weight is 415 g/mol. The predicted molar refractivity (Wildman–Crippen MR) is 107 cm³/mol. The number of benzene rings is 1. The SMILES string of the molecule is O[C@@H]1CC[C@@H]1Nc1nc(NCc2ccc(-c3ccccn3)cc2)ncc1C(F)(F)F. The van der Waals surface area contributed by atoms with Crippen LogP contribution in [0.25, 0.3) is 11.3 Å². The number of halogens is 3. The van der Waals surface area contributed by atoms with E-state index < -0.39 is 23.9 Å². The summed E-state index contributed by atoms with van der Waals surface area (Å²) in [4.78, 5) is 12.1. The minimum absolute atomic E-state index is 0.0770. The Hall–Kier alpha value is -3.20. The van der Waals surface area contributed by atoms with Gasteiger partial charge in [-0.2, -0.15) is 18.2 Å². The minimum atomic E-state index is -4.59. The van der Waals surface area contributed by atoms with Crippen LogP contribution in [0.5, 0.6) is 0 Å². The molecule has 6 nitrogen and oxygen atoms in total. The van der Waals surface area contributed by atoms with Crippen molar-refractivity contribution in [2.75, 3.05) is 10.6 Å². The van der Waals surface area contributed by atoms with Crippen molar-refractivity contribution < 1.29 is 18.3 Å². The minimum Gasteiger partial charge on any atom is -0.391 e. The summed E-state index contributed by atoms with van der Waals surface area (Å²) in [5.41, 5.74) is 1.79. The lowest BCUT2D eigenvalue weighted by Crippen LogP contribution is -2.43. The molecule has 1 aromatic carbocycles. The zero-order valence-electron chi connectivity index (χ0n) is 15.9.